The number of nitrogens with one attached hydrogen (secondary N) is 1. The summed E-state index contributed by atoms with van der Waals surface area (Å²) in [4.78, 5) is 10.5. The average molecular weight is 250 g/mol. The summed E-state index contributed by atoms with van der Waals surface area (Å²) >= 11 is 0. The molecule has 0 atom stereocenters. The largest absolute Gasteiger partial charge is 0.313 e. The molecule has 100 valence electrons. The SMILES string of the molecule is CCCCCCNCc1ccc(C)c([N+](=O)[O-])c1. The zero-order valence-electron chi connectivity index (χ0n) is 11.2. The maximum atomic E-state index is 10.8. The molecular weight excluding hydrogens is 228 g/mol. The molecule has 0 fully saturated rings. The van der Waals surface area contributed by atoms with E-state index in [-0.39, 0.29) is 10.6 Å². The summed E-state index contributed by atoms with van der Waals surface area (Å²) in [5, 5.41) is 14.1. The highest BCUT2D eigenvalue weighted by atomic mass is 16.6. The molecule has 0 radical (unpaired) electrons. The molecule has 0 aromatic heterocycles. The van der Waals surface area contributed by atoms with E-state index in [4.69, 9.17) is 0 Å². The van der Waals surface area contributed by atoms with Gasteiger partial charge in [-0.3, -0.25) is 10.1 Å². The topological polar surface area (TPSA) is 55.2 Å². The number of benzene rings is 1. The fourth-order valence-corrected chi connectivity index (χ4v) is 1.87. The highest BCUT2D eigenvalue weighted by molar-refractivity contribution is 5.42. The second-order valence-corrected chi connectivity index (χ2v) is 4.62. The third-order valence-electron chi connectivity index (χ3n) is 3.01. The summed E-state index contributed by atoms with van der Waals surface area (Å²) < 4.78 is 0. The van der Waals surface area contributed by atoms with Crippen molar-refractivity contribution >= 4 is 5.69 Å². The van der Waals surface area contributed by atoms with Crippen LogP contribution >= 0.6 is 0 Å². The molecule has 0 aliphatic rings. The molecule has 0 aliphatic carbocycles. The van der Waals surface area contributed by atoms with Crippen molar-refractivity contribution in [2.75, 3.05) is 6.54 Å². The van der Waals surface area contributed by atoms with Crippen LogP contribution in [0.25, 0.3) is 0 Å². The molecule has 1 aromatic rings. The Morgan fingerprint density at radius 1 is 1.28 bits per heavy atom. The predicted molar refractivity (Wildman–Crippen MR) is 73.7 cm³/mol. The first-order valence-corrected chi connectivity index (χ1v) is 6.59. The monoisotopic (exact) mass is 250 g/mol. The Kier molecular flexibility index (Phi) is 6.36. The molecule has 0 heterocycles. The Hall–Kier alpha value is -1.42. The molecule has 0 bridgehead atoms. The predicted octanol–water partition coefficient (Wildman–Crippen LogP) is 3.57. The van der Waals surface area contributed by atoms with Crippen LogP contribution in [0.5, 0.6) is 0 Å². The van der Waals surface area contributed by atoms with E-state index < -0.39 is 0 Å². The van der Waals surface area contributed by atoms with Gasteiger partial charge in [-0.15, -0.1) is 0 Å². The number of unbranched alkanes of at least 4 members (excludes halogenated alkanes) is 3. The van der Waals surface area contributed by atoms with Gasteiger partial charge in [0.1, 0.15) is 0 Å². The lowest BCUT2D eigenvalue weighted by Gasteiger charge is -2.05. The Morgan fingerprint density at radius 2 is 2.06 bits per heavy atom. The van der Waals surface area contributed by atoms with Crippen molar-refractivity contribution in [3.8, 4) is 0 Å². The standard InChI is InChI=1S/C14H22N2O2/c1-3-4-5-6-9-15-11-13-8-7-12(2)14(10-13)16(17)18/h7-8,10,15H,3-6,9,11H2,1-2H3. The zero-order chi connectivity index (χ0) is 13.4. The number of rotatable bonds is 8. The van der Waals surface area contributed by atoms with Crippen molar-refractivity contribution in [1.29, 1.82) is 0 Å². The van der Waals surface area contributed by atoms with Crippen LogP contribution in [0.15, 0.2) is 18.2 Å². The van der Waals surface area contributed by atoms with Crippen LogP contribution in [0.4, 0.5) is 5.69 Å². The number of nitro benzene ring substituents is 1. The molecule has 0 spiro atoms. The summed E-state index contributed by atoms with van der Waals surface area (Å²) in [7, 11) is 0. The van der Waals surface area contributed by atoms with Crippen LogP contribution < -0.4 is 5.32 Å². The van der Waals surface area contributed by atoms with Gasteiger partial charge in [-0.25, -0.2) is 0 Å². The van der Waals surface area contributed by atoms with Gasteiger partial charge in [-0.05, 0) is 25.5 Å². The third kappa shape index (κ3) is 4.84. The van der Waals surface area contributed by atoms with Gasteiger partial charge in [-0.1, -0.05) is 38.3 Å². The first-order chi connectivity index (χ1) is 8.65. The lowest BCUT2D eigenvalue weighted by molar-refractivity contribution is -0.385. The van der Waals surface area contributed by atoms with Crippen LogP contribution in [0.1, 0.15) is 43.7 Å². The second-order valence-electron chi connectivity index (χ2n) is 4.62. The quantitative estimate of drug-likeness (QED) is 0.436. The zero-order valence-corrected chi connectivity index (χ0v) is 11.2. The fourth-order valence-electron chi connectivity index (χ4n) is 1.87. The number of hydrogen-bond acceptors (Lipinski definition) is 3. The first kappa shape index (κ1) is 14.6. The molecule has 0 saturated carbocycles. The van der Waals surface area contributed by atoms with Gasteiger partial charge in [-0.2, -0.15) is 0 Å². The van der Waals surface area contributed by atoms with E-state index in [0.717, 1.165) is 12.1 Å². The summed E-state index contributed by atoms with van der Waals surface area (Å²) in [6, 6.07) is 5.42. The van der Waals surface area contributed by atoms with Crippen molar-refractivity contribution in [3.05, 3.63) is 39.4 Å². The molecule has 1 rings (SSSR count). The minimum atomic E-state index is -0.319. The minimum Gasteiger partial charge on any atom is -0.313 e. The van der Waals surface area contributed by atoms with Crippen LogP contribution in [0, 0.1) is 17.0 Å². The second kappa shape index (κ2) is 7.82. The highest BCUT2D eigenvalue weighted by Gasteiger charge is 2.10. The Morgan fingerprint density at radius 3 is 2.72 bits per heavy atom. The number of aryl methyl sites for hydroxylation is 1. The molecular formula is C14H22N2O2. The molecule has 4 heteroatoms. The molecule has 0 unspecified atom stereocenters. The number of hydrogen-bond donors (Lipinski definition) is 1. The maximum absolute atomic E-state index is 10.8. The summed E-state index contributed by atoms with van der Waals surface area (Å²) in [6.07, 6.45) is 4.93. The smallest absolute Gasteiger partial charge is 0.272 e. The van der Waals surface area contributed by atoms with Crippen LogP contribution in [0.3, 0.4) is 0 Å². The highest BCUT2D eigenvalue weighted by Crippen LogP contribution is 2.19. The van der Waals surface area contributed by atoms with E-state index in [1.165, 1.54) is 25.7 Å². The van der Waals surface area contributed by atoms with Gasteiger partial charge in [0, 0.05) is 18.2 Å². The normalized spacial score (nSPS) is 10.6. The van der Waals surface area contributed by atoms with Crippen molar-refractivity contribution in [1.82, 2.24) is 5.32 Å². The lowest BCUT2D eigenvalue weighted by Crippen LogP contribution is -2.14. The van der Waals surface area contributed by atoms with Crippen molar-refractivity contribution in [2.24, 2.45) is 0 Å². The van der Waals surface area contributed by atoms with Crippen LogP contribution in [-0.2, 0) is 6.54 Å². The van der Waals surface area contributed by atoms with Gasteiger partial charge < -0.3 is 5.32 Å². The van der Waals surface area contributed by atoms with E-state index in [2.05, 4.69) is 12.2 Å². The van der Waals surface area contributed by atoms with Crippen molar-refractivity contribution < 1.29 is 4.92 Å². The summed E-state index contributed by atoms with van der Waals surface area (Å²) in [5.74, 6) is 0. The Balaban J connectivity index is 2.38. The van der Waals surface area contributed by atoms with E-state index in [1.54, 1.807) is 13.0 Å². The lowest BCUT2D eigenvalue weighted by atomic mass is 10.1. The average Bonchev–Trinajstić information content (AvgIpc) is 2.35. The molecule has 1 aromatic carbocycles. The van der Waals surface area contributed by atoms with Crippen LogP contribution in [0.2, 0.25) is 0 Å². The Bertz CT molecular complexity index is 391. The van der Waals surface area contributed by atoms with E-state index in [9.17, 15) is 10.1 Å². The number of nitro groups is 1. The van der Waals surface area contributed by atoms with Gasteiger partial charge in [0.05, 0.1) is 4.92 Å². The van der Waals surface area contributed by atoms with Crippen molar-refractivity contribution in [2.45, 2.75) is 46.1 Å². The fraction of sp³-hybridized carbons (Fsp3) is 0.571. The van der Waals surface area contributed by atoms with E-state index in [0.29, 0.717) is 12.1 Å². The minimum absolute atomic E-state index is 0.209. The molecule has 18 heavy (non-hydrogen) atoms. The molecule has 0 aliphatic heterocycles. The Labute approximate surface area is 109 Å². The number of nitrogens with zero attached hydrogens (tertiary/aromatic N) is 1. The molecule has 4 nitrogen and oxygen atoms in total. The summed E-state index contributed by atoms with van der Waals surface area (Å²) in [5.41, 5.74) is 1.90. The third-order valence-corrected chi connectivity index (χ3v) is 3.01. The van der Waals surface area contributed by atoms with Gasteiger partial charge in [0.2, 0.25) is 0 Å². The van der Waals surface area contributed by atoms with Gasteiger partial charge >= 0.3 is 0 Å². The molecule has 1 N–H and O–H groups in total. The van der Waals surface area contributed by atoms with E-state index in [1.807, 2.05) is 12.1 Å². The van der Waals surface area contributed by atoms with Crippen molar-refractivity contribution in [3.63, 3.8) is 0 Å². The van der Waals surface area contributed by atoms with Crippen LogP contribution in [-0.4, -0.2) is 11.5 Å². The maximum Gasteiger partial charge on any atom is 0.272 e. The van der Waals surface area contributed by atoms with Gasteiger partial charge in [0.15, 0.2) is 0 Å². The van der Waals surface area contributed by atoms with Gasteiger partial charge in [0.25, 0.3) is 5.69 Å². The van der Waals surface area contributed by atoms with E-state index >= 15 is 0 Å². The summed E-state index contributed by atoms with van der Waals surface area (Å²) in [6.45, 7) is 5.63. The molecule has 0 saturated heterocycles. The first-order valence-electron chi connectivity index (χ1n) is 6.59. The molecule has 0 amide bonds.